The van der Waals surface area contributed by atoms with E-state index < -0.39 is 12.6 Å². The fraction of sp³-hybridized carbons (Fsp3) is 0.625. The minimum atomic E-state index is -4.14. The van der Waals surface area contributed by atoms with Gasteiger partial charge in [0.25, 0.3) is 0 Å². The maximum Gasteiger partial charge on any atom is 0.395 e. The topological polar surface area (TPSA) is 24.9 Å². The number of fused-ring (bicyclic) bond motifs is 1. The molecule has 1 N–H and O–H groups in total. The average molecular weight is 222 g/mol. The molecule has 0 atom stereocenters. The van der Waals surface area contributed by atoms with Crippen LogP contribution in [0.2, 0.25) is 0 Å². The molecule has 0 spiro atoms. The SMILES string of the molecule is FC(F)(F)Cc1nc2c(s1)CNCC2. The van der Waals surface area contributed by atoms with Crippen LogP contribution in [0.15, 0.2) is 0 Å². The fourth-order valence-electron chi connectivity index (χ4n) is 1.43. The van der Waals surface area contributed by atoms with Crippen molar-refractivity contribution in [3.05, 3.63) is 15.6 Å². The number of aromatic nitrogens is 1. The second-order valence-corrected chi connectivity index (χ2v) is 4.36. The first-order valence-electron chi connectivity index (χ1n) is 4.29. The Morgan fingerprint density at radius 1 is 1.43 bits per heavy atom. The monoisotopic (exact) mass is 222 g/mol. The molecule has 6 heteroatoms. The third kappa shape index (κ3) is 2.24. The number of nitrogens with one attached hydrogen (secondary N) is 1. The minimum absolute atomic E-state index is 0.186. The number of halogens is 3. The smallest absolute Gasteiger partial charge is 0.311 e. The highest BCUT2D eigenvalue weighted by Gasteiger charge is 2.30. The van der Waals surface area contributed by atoms with Crippen LogP contribution >= 0.6 is 11.3 Å². The lowest BCUT2D eigenvalue weighted by atomic mass is 10.2. The fourth-order valence-corrected chi connectivity index (χ4v) is 2.54. The Bertz CT molecular complexity index is 308. The van der Waals surface area contributed by atoms with Gasteiger partial charge in [0, 0.05) is 24.4 Å². The van der Waals surface area contributed by atoms with Crippen molar-refractivity contribution < 1.29 is 13.2 Å². The zero-order valence-electron chi connectivity index (χ0n) is 7.32. The standard InChI is InChI=1S/C8H9F3N2S/c9-8(10,11)3-7-13-5-1-2-12-4-6(5)14-7/h12H,1-4H2. The molecule has 0 radical (unpaired) electrons. The lowest BCUT2D eigenvalue weighted by Crippen LogP contribution is -2.22. The summed E-state index contributed by atoms with van der Waals surface area (Å²) in [6.45, 7) is 1.47. The molecule has 0 bridgehead atoms. The molecule has 2 nitrogen and oxygen atoms in total. The molecule has 0 unspecified atom stereocenters. The number of rotatable bonds is 1. The van der Waals surface area contributed by atoms with E-state index in [0.29, 0.717) is 6.54 Å². The predicted molar refractivity (Wildman–Crippen MR) is 47.3 cm³/mol. The van der Waals surface area contributed by atoms with E-state index in [9.17, 15) is 13.2 Å². The third-order valence-electron chi connectivity index (χ3n) is 2.00. The highest BCUT2D eigenvalue weighted by atomic mass is 32.1. The number of hydrogen-bond acceptors (Lipinski definition) is 3. The third-order valence-corrected chi connectivity index (χ3v) is 3.10. The van der Waals surface area contributed by atoms with E-state index >= 15 is 0 Å². The van der Waals surface area contributed by atoms with Crippen LogP contribution < -0.4 is 5.32 Å². The van der Waals surface area contributed by atoms with Gasteiger partial charge < -0.3 is 5.32 Å². The van der Waals surface area contributed by atoms with Crippen molar-refractivity contribution in [2.75, 3.05) is 6.54 Å². The summed E-state index contributed by atoms with van der Waals surface area (Å²) in [5.41, 5.74) is 0.841. The summed E-state index contributed by atoms with van der Waals surface area (Å²) in [6.07, 6.45) is -4.30. The molecule has 1 aromatic heterocycles. The van der Waals surface area contributed by atoms with E-state index in [4.69, 9.17) is 0 Å². The second-order valence-electron chi connectivity index (χ2n) is 3.20. The van der Waals surface area contributed by atoms with Gasteiger partial charge in [-0.25, -0.2) is 4.98 Å². The summed E-state index contributed by atoms with van der Waals surface area (Å²) in [4.78, 5) is 4.95. The zero-order valence-corrected chi connectivity index (χ0v) is 8.13. The van der Waals surface area contributed by atoms with Crippen LogP contribution in [0.4, 0.5) is 13.2 Å². The summed E-state index contributed by atoms with van der Waals surface area (Å²) in [7, 11) is 0. The van der Waals surface area contributed by atoms with E-state index in [1.54, 1.807) is 0 Å². The summed E-state index contributed by atoms with van der Waals surface area (Å²) in [5, 5.41) is 3.29. The lowest BCUT2D eigenvalue weighted by Gasteiger charge is -2.09. The van der Waals surface area contributed by atoms with Gasteiger partial charge in [-0.2, -0.15) is 13.2 Å². The second kappa shape index (κ2) is 3.51. The van der Waals surface area contributed by atoms with E-state index in [-0.39, 0.29) is 5.01 Å². The van der Waals surface area contributed by atoms with Gasteiger partial charge >= 0.3 is 6.18 Å². The highest BCUT2D eigenvalue weighted by molar-refractivity contribution is 7.11. The van der Waals surface area contributed by atoms with Gasteiger partial charge in [0.05, 0.1) is 12.1 Å². The van der Waals surface area contributed by atoms with Gasteiger partial charge in [0.1, 0.15) is 5.01 Å². The molecule has 14 heavy (non-hydrogen) atoms. The summed E-state index contributed by atoms with van der Waals surface area (Å²) < 4.78 is 36.2. The molecule has 1 aliphatic rings. The van der Waals surface area contributed by atoms with Crippen LogP contribution in [0.5, 0.6) is 0 Å². The number of thiazole rings is 1. The molecule has 2 heterocycles. The summed E-state index contributed by atoms with van der Waals surface area (Å²) in [5.74, 6) is 0. The highest BCUT2D eigenvalue weighted by Crippen LogP contribution is 2.27. The molecule has 0 saturated carbocycles. The van der Waals surface area contributed by atoms with Crippen LogP contribution in [0, 0.1) is 0 Å². The van der Waals surface area contributed by atoms with Gasteiger partial charge in [0.2, 0.25) is 0 Å². The van der Waals surface area contributed by atoms with Crippen molar-refractivity contribution in [1.29, 1.82) is 0 Å². The van der Waals surface area contributed by atoms with Crippen LogP contribution in [0.25, 0.3) is 0 Å². The van der Waals surface area contributed by atoms with Crippen molar-refractivity contribution in [2.24, 2.45) is 0 Å². The van der Waals surface area contributed by atoms with E-state index in [1.165, 1.54) is 11.3 Å². The number of hydrogen-bond donors (Lipinski definition) is 1. The predicted octanol–water partition coefficient (Wildman–Crippen LogP) is 1.89. The van der Waals surface area contributed by atoms with Crippen LogP contribution in [-0.4, -0.2) is 17.7 Å². The lowest BCUT2D eigenvalue weighted by molar-refractivity contribution is -0.127. The Morgan fingerprint density at radius 2 is 2.21 bits per heavy atom. The Kier molecular flexibility index (Phi) is 2.48. The largest absolute Gasteiger partial charge is 0.395 e. The van der Waals surface area contributed by atoms with Crippen molar-refractivity contribution in [2.45, 2.75) is 25.6 Å². The first-order valence-corrected chi connectivity index (χ1v) is 5.11. The molecule has 1 aliphatic heterocycles. The molecule has 0 fully saturated rings. The Morgan fingerprint density at radius 3 is 2.86 bits per heavy atom. The molecule has 0 aliphatic carbocycles. The van der Waals surface area contributed by atoms with Crippen molar-refractivity contribution >= 4 is 11.3 Å². The van der Waals surface area contributed by atoms with E-state index in [0.717, 1.165) is 23.5 Å². The first kappa shape index (κ1) is 9.92. The van der Waals surface area contributed by atoms with Gasteiger partial charge in [-0.3, -0.25) is 0 Å². The zero-order chi connectivity index (χ0) is 10.2. The molecule has 78 valence electrons. The van der Waals surface area contributed by atoms with E-state index in [1.807, 2.05) is 0 Å². The van der Waals surface area contributed by atoms with Crippen LogP contribution in [0.3, 0.4) is 0 Å². The maximum atomic E-state index is 12.1. The van der Waals surface area contributed by atoms with Crippen molar-refractivity contribution in [3.63, 3.8) is 0 Å². The molecule has 0 amide bonds. The Hall–Kier alpha value is -0.620. The molecule has 0 saturated heterocycles. The van der Waals surface area contributed by atoms with Crippen molar-refractivity contribution in [3.8, 4) is 0 Å². The first-order chi connectivity index (χ1) is 6.54. The minimum Gasteiger partial charge on any atom is -0.311 e. The molecule has 0 aromatic carbocycles. The molecular formula is C8H9F3N2S. The normalized spacial score (nSPS) is 16.8. The van der Waals surface area contributed by atoms with Gasteiger partial charge in [-0.05, 0) is 0 Å². The quantitative estimate of drug-likeness (QED) is 0.785. The Labute approximate surface area is 83.2 Å². The summed E-state index contributed by atoms with van der Waals surface area (Å²) >= 11 is 1.17. The van der Waals surface area contributed by atoms with Gasteiger partial charge in [-0.1, -0.05) is 0 Å². The van der Waals surface area contributed by atoms with Crippen LogP contribution in [0.1, 0.15) is 15.6 Å². The maximum absolute atomic E-state index is 12.1. The molecule has 1 aromatic rings. The molecule has 2 rings (SSSR count). The number of nitrogens with zero attached hydrogens (tertiary/aromatic N) is 1. The molecular weight excluding hydrogens is 213 g/mol. The number of alkyl halides is 3. The Balaban J connectivity index is 2.16. The van der Waals surface area contributed by atoms with E-state index in [2.05, 4.69) is 10.3 Å². The average Bonchev–Trinajstić information content (AvgIpc) is 2.42. The van der Waals surface area contributed by atoms with Gasteiger partial charge in [-0.15, -0.1) is 11.3 Å². The van der Waals surface area contributed by atoms with Crippen LogP contribution in [-0.2, 0) is 19.4 Å². The summed E-state index contributed by atoms with van der Waals surface area (Å²) in [6, 6.07) is 0. The van der Waals surface area contributed by atoms with Gasteiger partial charge in [0.15, 0.2) is 0 Å². The van der Waals surface area contributed by atoms with Crippen molar-refractivity contribution in [1.82, 2.24) is 10.3 Å².